The quantitative estimate of drug-likeness (QED) is 0.540. The third-order valence-corrected chi connectivity index (χ3v) is 4.82. The molecule has 1 unspecified atom stereocenters. The smallest absolute Gasteiger partial charge is 0.316 e. The Morgan fingerprint density at radius 1 is 1.04 bits per heavy atom. The monoisotopic (exact) mass is 381 g/mol. The van der Waals surface area contributed by atoms with Gasteiger partial charge in [0, 0.05) is 13.1 Å². The lowest BCUT2D eigenvalue weighted by molar-refractivity contribution is -0.143. The molecule has 1 saturated heterocycles. The molecule has 148 valence electrons. The maximum atomic E-state index is 12.6. The first-order valence-electron chi connectivity index (χ1n) is 9.92. The molecule has 0 saturated carbocycles. The predicted octanol–water partition coefficient (Wildman–Crippen LogP) is 3.86. The molecule has 2 aromatic carbocycles. The van der Waals surface area contributed by atoms with E-state index in [0.717, 1.165) is 30.6 Å². The summed E-state index contributed by atoms with van der Waals surface area (Å²) < 4.78 is 11.1. The second kappa shape index (κ2) is 9.93. The molecule has 1 aliphatic heterocycles. The zero-order chi connectivity index (χ0) is 19.8. The van der Waals surface area contributed by atoms with Crippen molar-refractivity contribution in [3.05, 3.63) is 60.2 Å². The first-order chi connectivity index (χ1) is 13.7. The fourth-order valence-electron chi connectivity index (χ4n) is 3.30. The van der Waals surface area contributed by atoms with E-state index in [-0.39, 0.29) is 17.8 Å². The third-order valence-electron chi connectivity index (χ3n) is 4.82. The standard InChI is InChI=1S/C23H27NO4/c1-2-15-27-20-10-12-21(13-11-20)28-23(26)19-9-6-14-24(17-19)22(25)16-18-7-4-3-5-8-18/h3-5,7-8,10-13,19H,2,6,9,14-17H2,1H3. The zero-order valence-electron chi connectivity index (χ0n) is 16.3. The second-order valence-corrected chi connectivity index (χ2v) is 7.08. The number of carbonyl (C=O) groups excluding carboxylic acids is 2. The number of rotatable bonds is 7. The van der Waals surface area contributed by atoms with Crippen LogP contribution in [0.5, 0.6) is 11.5 Å². The number of piperidine rings is 1. The summed E-state index contributed by atoms with van der Waals surface area (Å²) in [7, 11) is 0. The van der Waals surface area contributed by atoms with Crippen LogP contribution in [0.3, 0.4) is 0 Å². The average molecular weight is 381 g/mol. The Labute approximate surface area is 166 Å². The van der Waals surface area contributed by atoms with E-state index in [1.54, 1.807) is 29.2 Å². The number of esters is 1. The van der Waals surface area contributed by atoms with Crippen molar-refractivity contribution in [2.24, 2.45) is 5.92 Å². The van der Waals surface area contributed by atoms with Gasteiger partial charge in [-0.05, 0) is 49.1 Å². The summed E-state index contributed by atoms with van der Waals surface area (Å²) in [5, 5.41) is 0. The molecule has 1 fully saturated rings. The highest BCUT2D eigenvalue weighted by molar-refractivity contribution is 5.81. The van der Waals surface area contributed by atoms with Crippen LogP contribution in [-0.4, -0.2) is 36.5 Å². The van der Waals surface area contributed by atoms with Crippen LogP contribution in [0.2, 0.25) is 0 Å². The van der Waals surface area contributed by atoms with Gasteiger partial charge in [0.05, 0.1) is 18.9 Å². The molecule has 28 heavy (non-hydrogen) atoms. The van der Waals surface area contributed by atoms with Crippen molar-refractivity contribution in [3.63, 3.8) is 0 Å². The Hall–Kier alpha value is -2.82. The van der Waals surface area contributed by atoms with Crippen molar-refractivity contribution in [2.75, 3.05) is 19.7 Å². The Bertz CT molecular complexity index is 773. The average Bonchev–Trinajstić information content (AvgIpc) is 2.74. The van der Waals surface area contributed by atoms with Gasteiger partial charge in [-0.25, -0.2) is 0 Å². The van der Waals surface area contributed by atoms with Crippen LogP contribution in [0.25, 0.3) is 0 Å². The first kappa shape index (κ1) is 19.9. The van der Waals surface area contributed by atoms with E-state index in [9.17, 15) is 9.59 Å². The summed E-state index contributed by atoms with van der Waals surface area (Å²) in [6.45, 7) is 3.82. The van der Waals surface area contributed by atoms with Crippen LogP contribution >= 0.6 is 0 Å². The molecule has 1 amide bonds. The number of ether oxygens (including phenoxy) is 2. The van der Waals surface area contributed by atoms with Crippen molar-refractivity contribution in [1.82, 2.24) is 4.90 Å². The lowest BCUT2D eigenvalue weighted by Crippen LogP contribution is -2.44. The fourth-order valence-corrected chi connectivity index (χ4v) is 3.30. The molecule has 0 bridgehead atoms. The maximum Gasteiger partial charge on any atom is 0.316 e. The highest BCUT2D eigenvalue weighted by Gasteiger charge is 2.29. The number of nitrogens with zero attached hydrogens (tertiary/aromatic N) is 1. The van der Waals surface area contributed by atoms with Crippen molar-refractivity contribution >= 4 is 11.9 Å². The van der Waals surface area contributed by atoms with E-state index in [1.807, 2.05) is 37.3 Å². The summed E-state index contributed by atoms with van der Waals surface area (Å²) in [6, 6.07) is 16.8. The van der Waals surface area contributed by atoms with Crippen molar-refractivity contribution in [3.8, 4) is 11.5 Å². The van der Waals surface area contributed by atoms with Gasteiger partial charge in [-0.15, -0.1) is 0 Å². The molecule has 0 aliphatic carbocycles. The Morgan fingerprint density at radius 2 is 1.75 bits per heavy atom. The summed E-state index contributed by atoms with van der Waals surface area (Å²) in [5.74, 6) is 0.753. The van der Waals surface area contributed by atoms with Crippen LogP contribution < -0.4 is 9.47 Å². The van der Waals surface area contributed by atoms with Crippen molar-refractivity contribution in [2.45, 2.75) is 32.6 Å². The predicted molar refractivity (Wildman–Crippen MR) is 107 cm³/mol. The van der Waals surface area contributed by atoms with Gasteiger partial charge < -0.3 is 14.4 Å². The van der Waals surface area contributed by atoms with E-state index in [1.165, 1.54) is 0 Å². The molecule has 5 nitrogen and oxygen atoms in total. The number of hydrogen-bond donors (Lipinski definition) is 0. The molecule has 1 heterocycles. The van der Waals surface area contributed by atoms with Gasteiger partial charge in [-0.2, -0.15) is 0 Å². The normalized spacial score (nSPS) is 16.5. The Kier molecular flexibility index (Phi) is 7.06. The van der Waals surface area contributed by atoms with Gasteiger partial charge in [0.15, 0.2) is 0 Å². The van der Waals surface area contributed by atoms with Crippen molar-refractivity contribution in [1.29, 1.82) is 0 Å². The maximum absolute atomic E-state index is 12.6. The van der Waals surface area contributed by atoms with E-state index in [2.05, 4.69) is 0 Å². The summed E-state index contributed by atoms with van der Waals surface area (Å²) in [4.78, 5) is 26.9. The van der Waals surface area contributed by atoms with Gasteiger partial charge in [0.1, 0.15) is 11.5 Å². The molecule has 0 N–H and O–H groups in total. The second-order valence-electron chi connectivity index (χ2n) is 7.08. The fraction of sp³-hybridized carbons (Fsp3) is 0.391. The van der Waals surface area contributed by atoms with Gasteiger partial charge in [-0.1, -0.05) is 37.3 Å². The minimum atomic E-state index is -0.288. The van der Waals surface area contributed by atoms with Crippen LogP contribution in [-0.2, 0) is 16.0 Å². The molecule has 1 aliphatic rings. The summed E-state index contributed by atoms with van der Waals surface area (Å²) >= 11 is 0. The summed E-state index contributed by atoms with van der Waals surface area (Å²) in [6.07, 6.45) is 2.86. The SMILES string of the molecule is CCCOc1ccc(OC(=O)C2CCCN(C(=O)Cc3ccccc3)C2)cc1. The lowest BCUT2D eigenvalue weighted by Gasteiger charge is -2.31. The number of likely N-dealkylation sites (tertiary alicyclic amines) is 1. The molecule has 3 rings (SSSR count). The number of amides is 1. The topological polar surface area (TPSA) is 55.8 Å². The molecule has 2 aromatic rings. The Morgan fingerprint density at radius 3 is 2.46 bits per heavy atom. The van der Waals surface area contributed by atoms with E-state index in [4.69, 9.17) is 9.47 Å². The first-order valence-corrected chi connectivity index (χ1v) is 9.92. The summed E-state index contributed by atoms with van der Waals surface area (Å²) in [5.41, 5.74) is 0.989. The molecule has 5 heteroatoms. The van der Waals surface area contributed by atoms with Crippen LogP contribution in [0, 0.1) is 5.92 Å². The van der Waals surface area contributed by atoms with E-state index >= 15 is 0 Å². The zero-order valence-corrected chi connectivity index (χ0v) is 16.3. The molecular formula is C23H27NO4. The van der Waals surface area contributed by atoms with Crippen LogP contribution in [0.4, 0.5) is 0 Å². The van der Waals surface area contributed by atoms with E-state index in [0.29, 0.717) is 31.9 Å². The van der Waals surface area contributed by atoms with Gasteiger partial charge in [-0.3, -0.25) is 9.59 Å². The van der Waals surface area contributed by atoms with Crippen LogP contribution in [0.1, 0.15) is 31.7 Å². The minimum Gasteiger partial charge on any atom is -0.494 e. The third kappa shape index (κ3) is 5.59. The number of benzene rings is 2. The molecule has 0 spiro atoms. The van der Waals surface area contributed by atoms with Gasteiger partial charge in [0.2, 0.25) is 5.91 Å². The minimum absolute atomic E-state index is 0.0566. The van der Waals surface area contributed by atoms with Gasteiger partial charge >= 0.3 is 5.97 Å². The van der Waals surface area contributed by atoms with Crippen molar-refractivity contribution < 1.29 is 19.1 Å². The highest BCUT2D eigenvalue weighted by Crippen LogP contribution is 2.22. The van der Waals surface area contributed by atoms with E-state index < -0.39 is 0 Å². The molecule has 0 aromatic heterocycles. The number of hydrogen-bond acceptors (Lipinski definition) is 4. The molecular weight excluding hydrogens is 354 g/mol. The largest absolute Gasteiger partial charge is 0.494 e. The lowest BCUT2D eigenvalue weighted by atomic mass is 9.97. The Balaban J connectivity index is 1.53. The van der Waals surface area contributed by atoms with Gasteiger partial charge in [0.25, 0.3) is 0 Å². The van der Waals surface area contributed by atoms with Crippen LogP contribution in [0.15, 0.2) is 54.6 Å². The highest BCUT2D eigenvalue weighted by atomic mass is 16.5. The molecule has 1 atom stereocenters. The number of carbonyl (C=O) groups is 2. The molecule has 0 radical (unpaired) electrons.